The fourth-order valence-electron chi connectivity index (χ4n) is 5.45. The topological polar surface area (TPSA) is 13.1 Å². The van der Waals surface area contributed by atoms with Crippen molar-refractivity contribution in [3.05, 3.63) is 76.2 Å². The molecule has 0 amide bonds. The molecule has 0 unspecified atom stereocenters. The normalized spacial score (nSPS) is 11.6. The Morgan fingerprint density at radius 3 is 1.87 bits per heavy atom. The lowest BCUT2D eigenvalue weighted by Crippen LogP contribution is -1.94. The quantitative estimate of drug-likeness (QED) is 0.0861. The van der Waals surface area contributed by atoms with E-state index in [1.807, 2.05) is 12.1 Å². The molecule has 0 saturated heterocycles. The van der Waals surface area contributed by atoms with Crippen molar-refractivity contribution in [1.29, 1.82) is 0 Å². The predicted molar refractivity (Wildman–Crippen MR) is 164 cm³/mol. The van der Waals surface area contributed by atoms with Crippen molar-refractivity contribution in [3.8, 4) is 11.1 Å². The first-order chi connectivity index (χ1) is 18.6. The number of fused-ring (bicyclic) bond motifs is 3. The fourth-order valence-corrected chi connectivity index (χ4v) is 5.70. The Hall–Kier alpha value is -2.52. The van der Waals surface area contributed by atoms with Gasteiger partial charge in [-0.3, -0.25) is 0 Å². The van der Waals surface area contributed by atoms with Gasteiger partial charge in [0.25, 0.3) is 0 Å². The van der Waals surface area contributed by atoms with E-state index in [0.29, 0.717) is 10.3 Å². The Morgan fingerprint density at radius 2 is 1.18 bits per heavy atom. The molecule has 0 aliphatic heterocycles. The van der Waals surface area contributed by atoms with E-state index in [-0.39, 0.29) is 5.82 Å². The molecular weight excluding hydrogens is 487 g/mol. The minimum Gasteiger partial charge on any atom is -0.441 e. The zero-order chi connectivity index (χ0) is 26.7. The lowest BCUT2D eigenvalue weighted by atomic mass is 9.97. The molecule has 0 bridgehead atoms. The molecule has 4 aromatic rings. The van der Waals surface area contributed by atoms with Crippen LogP contribution in [0.2, 0.25) is 0 Å². The highest BCUT2D eigenvalue weighted by Crippen LogP contribution is 2.33. The van der Waals surface area contributed by atoms with Crippen LogP contribution in [0.3, 0.4) is 0 Å². The van der Waals surface area contributed by atoms with Gasteiger partial charge >= 0.3 is 0 Å². The SMILES string of the molecule is CCCCCCCCCc1ccc2c(oc(=S)c3cc(-c4ccc(CCCCCCC)cc4)ccc32)c1F. The molecule has 0 atom stereocenters. The van der Waals surface area contributed by atoms with Crippen LogP contribution in [0.15, 0.2) is 59.0 Å². The molecule has 0 aliphatic carbocycles. The van der Waals surface area contributed by atoms with Gasteiger partial charge in [0.2, 0.25) is 0 Å². The standard InChI is InChI=1S/C35H43FOS/c1-3-5-7-9-10-12-14-16-28-21-24-31-30-23-22-29(25-32(30)35(38)37-34(31)33(28)36)27-19-17-26(18-20-27)15-13-11-8-6-4-2/h17-25H,3-16H2,1-2H3. The molecule has 3 aromatic carbocycles. The molecule has 0 saturated carbocycles. The van der Waals surface area contributed by atoms with Crippen molar-refractivity contribution in [2.45, 2.75) is 104 Å². The zero-order valence-electron chi connectivity index (χ0n) is 23.3. The average molecular weight is 531 g/mol. The molecule has 0 spiro atoms. The minimum absolute atomic E-state index is 0.254. The van der Waals surface area contributed by atoms with E-state index in [1.165, 1.54) is 69.8 Å². The summed E-state index contributed by atoms with van der Waals surface area (Å²) in [6.45, 7) is 4.49. The highest BCUT2D eigenvalue weighted by atomic mass is 32.1. The smallest absolute Gasteiger partial charge is 0.198 e. The highest BCUT2D eigenvalue weighted by Gasteiger charge is 2.14. The van der Waals surface area contributed by atoms with E-state index >= 15 is 4.39 Å². The molecule has 1 aromatic heterocycles. The summed E-state index contributed by atoms with van der Waals surface area (Å²) in [4.78, 5) is 0. The second-order valence-electron chi connectivity index (χ2n) is 10.8. The summed E-state index contributed by atoms with van der Waals surface area (Å²) in [5.41, 5.74) is 4.67. The Kier molecular flexibility index (Phi) is 10.9. The fraction of sp³-hybridized carbons (Fsp3) is 0.457. The molecule has 0 radical (unpaired) electrons. The van der Waals surface area contributed by atoms with Crippen LogP contribution in [0.1, 0.15) is 102 Å². The van der Waals surface area contributed by atoms with Crippen molar-refractivity contribution >= 4 is 34.0 Å². The van der Waals surface area contributed by atoms with E-state index in [1.54, 1.807) is 0 Å². The van der Waals surface area contributed by atoms with Gasteiger partial charge in [-0.25, -0.2) is 4.39 Å². The maximum Gasteiger partial charge on any atom is 0.198 e. The maximum atomic E-state index is 15.4. The van der Waals surface area contributed by atoms with E-state index < -0.39 is 0 Å². The summed E-state index contributed by atoms with van der Waals surface area (Å²) in [6, 6.07) is 19.1. The van der Waals surface area contributed by atoms with Crippen molar-refractivity contribution < 1.29 is 8.81 Å². The molecule has 38 heavy (non-hydrogen) atoms. The van der Waals surface area contributed by atoms with E-state index in [0.717, 1.165) is 58.5 Å². The molecule has 1 nitrogen and oxygen atoms in total. The van der Waals surface area contributed by atoms with Gasteiger partial charge in [-0.15, -0.1) is 0 Å². The molecular formula is C35H43FOS. The van der Waals surface area contributed by atoms with Crippen molar-refractivity contribution in [2.24, 2.45) is 0 Å². The monoisotopic (exact) mass is 530 g/mol. The summed E-state index contributed by atoms with van der Waals surface area (Å²) in [6.07, 6.45) is 16.9. The largest absolute Gasteiger partial charge is 0.441 e. The van der Waals surface area contributed by atoms with Crippen molar-refractivity contribution in [1.82, 2.24) is 0 Å². The van der Waals surface area contributed by atoms with Crippen molar-refractivity contribution in [3.63, 3.8) is 0 Å². The number of halogens is 1. The van der Waals surface area contributed by atoms with Crippen molar-refractivity contribution in [2.75, 3.05) is 0 Å². The maximum absolute atomic E-state index is 15.4. The lowest BCUT2D eigenvalue weighted by Gasteiger charge is -2.10. The second-order valence-corrected chi connectivity index (χ2v) is 11.2. The van der Waals surface area contributed by atoms with Gasteiger partial charge in [0.15, 0.2) is 16.1 Å². The molecule has 1 heterocycles. The van der Waals surface area contributed by atoms with Gasteiger partial charge in [-0.05, 0) is 71.6 Å². The van der Waals surface area contributed by atoms with Crippen LogP contribution in [0, 0.1) is 10.5 Å². The first-order valence-corrected chi connectivity index (χ1v) is 15.3. The number of rotatable bonds is 15. The highest BCUT2D eigenvalue weighted by molar-refractivity contribution is 7.71. The summed E-state index contributed by atoms with van der Waals surface area (Å²) < 4.78 is 21.7. The van der Waals surface area contributed by atoms with Gasteiger partial charge in [0, 0.05) is 10.8 Å². The number of aryl methyl sites for hydroxylation is 2. The molecule has 202 valence electrons. The zero-order valence-corrected chi connectivity index (χ0v) is 24.1. The lowest BCUT2D eigenvalue weighted by molar-refractivity contribution is 0.533. The third-order valence-corrected chi connectivity index (χ3v) is 8.11. The second kappa shape index (κ2) is 14.6. The van der Waals surface area contributed by atoms with E-state index in [2.05, 4.69) is 56.3 Å². The Morgan fingerprint density at radius 1 is 0.605 bits per heavy atom. The summed E-state index contributed by atoms with van der Waals surface area (Å²) >= 11 is 5.62. The summed E-state index contributed by atoms with van der Waals surface area (Å²) in [5, 5.41) is 2.61. The predicted octanol–water partition coefficient (Wildman–Crippen LogP) is 11.9. The van der Waals surface area contributed by atoms with Gasteiger partial charge in [-0.2, -0.15) is 0 Å². The van der Waals surface area contributed by atoms with Crippen LogP contribution in [-0.4, -0.2) is 0 Å². The number of hydrogen-bond donors (Lipinski definition) is 0. The number of unbranched alkanes of at least 4 members (excludes halogenated alkanes) is 10. The minimum atomic E-state index is -0.254. The molecule has 0 N–H and O–H groups in total. The summed E-state index contributed by atoms with van der Waals surface area (Å²) in [5.74, 6) is -0.254. The molecule has 0 aliphatic rings. The third kappa shape index (κ3) is 7.32. The number of benzene rings is 3. The average Bonchev–Trinajstić information content (AvgIpc) is 2.94. The van der Waals surface area contributed by atoms with Gasteiger partial charge in [0.1, 0.15) is 0 Å². The van der Waals surface area contributed by atoms with E-state index in [9.17, 15) is 0 Å². The van der Waals surface area contributed by atoms with Crippen LogP contribution in [0.25, 0.3) is 32.9 Å². The van der Waals surface area contributed by atoms with E-state index in [4.69, 9.17) is 16.6 Å². The van der Waals surface area contributed by atoms with Crippen LogP contribution in [-0.2, 0) is 12.8 Å². The molecule has 3 heteroatoms. The van der Waals surface area contributed by atoms with Crippen LogP contribution in [0.5, 0.6) is 0 Å². The molecule has 4 rings (SSSR count). The first kappa shape index (κ1) is 28.5. The van der Waals surface area contributed by atoms with Crippen LogP contribution in [0.4, 0.5) is 4.39 Å². The number of hydrogen-bond acceptors (Lipinski definition) is 2. The van der Waals surface area contributed by atoms with Gasteiger partial charge in [0.05, 0.1) is 0 Å². The Labute approximate surface area is 233 Å². The third-order valence-electron chi connectivity index (χ3n) is 7.81. The van der Waals surface area contributed by atoms with Crippen LogP contribution < -0.4 is 0 Å². The summed E-state index contributed by atoms with van der Waals surface area (Å²) in [7, 11) is 0. The first-order valence-electron chi connectivity index (χ1n) is 14.9. The molecule has 0 fully saturated rings. The van der Waals surface area contributed by atoms with Crippen LogP contribution >= 0.6 is 12.2 Å². The Bertz CT molecular complexity index is 1370. The van der Waals surface area contributed by atoms with Gasteiger partial charge < -0.3 is 4.42 Å². The van der Waals surface area contributed by atoms with Gasteiger partial charge in [-0.1, -0.05) is 127 Å². The Balaban J connectivity index is 1.47.